The smallest absolute Gasteiger partial charge is 0.325 e. The molecule has 0 bridgehead atoms. The Morgan fingerprint density at radius 3 is 2.65 bits per heavy atom. The molecule has 3 aromatic heterocycles. The van der Waals surface area contributed by atoms with E-state index in [-0.39, 0.29) is 32.3 Å². The van der Waals surface area contributed by atoms with Crippen molar-refractivity contribution in [2.24, 2.45) is 5.92 Å². The van der Waals surface area contributed by atoms with Crippen LogP contribution in [-0.4, -0.2) is 76.5 Å². The minimum absolute atomic E-state index is 0.0605. The molecule has 10 rings (SSSR count). The first kappa shape index (κ1) is 48.0. The van der Waals surface area contributed by atoms with Crippen LogP contribution < -0.4 is 29.0 Å². The molecule has 0 amide bonds. The van der Waals surface area contributed by atoms with Crippen LogP contribution in [-0.2, 0) is 35.6 Å². The van der Waals surface area contributed by atoms with Crippen molar-refractivity contribution in [3.8, 4) is 57.3 Å². The monoisotopic (exact) mass is 984 g/mol. The van der Waals surface area contributed by atoms with Crippen molar-refractivity contribution in [1.29, 1.82) is 5.26 Å². The average molecular weight is 986 g/mol. The third-order valence-electron chi connectivity index (χ3n) is 13.3. The van der Waals surface area contributed by atoms with Crippen LogP contribution in [0.3, 0.4) is 0 Å². The first-order valence-electron chi connectivity index (χ1n) is 24.2. The number of hydrogen-bond donors (Lipinski definition) is 2. The van der Waals surface area contributed by atoms with E-state index in [0.717, 1.165) is 98.6 Å². The molecule has 0 saturated heterocycles. The van der Waals surface area contributed by atoms with E-state index in [4.69, 9.17) is 45.1 Å². The molecule has 0 spiro atoms. The van der Waals surface area contributed by atoms with E-state index in [1.54, 1.807) is 42.7 Å². The Labute approximate surface area is 422 Å². The summed E-state index contributed by atoms with van der Waals surface area (Å²) in [5, 5.41) is 29.2. The number of ether oxygens (including phenoxy) is 6. The molecule has 7 aromatic rings. The van der Waals surface area contributed by atoms with E-state index in [9.17, 15) is 15.2 Å². The Morgan fingerprint density at radius 2 is 1.81 bits per heavy atom. The van der Waals surface area contributed by atoms with Crippen molar-refractivity contribution in [3.05, 3.63) is 160 Å². The number of benzene rings is 4. The number of rotatable bonds is 18. The lowest BCUT2D eigenvalue weighted by molar-refractivity contribution is -0.148. The molecule has 5 heterocycles. The molecule has 2 atom stereocenters. The van der Waals surface area contributed by atoms with Crippen LogP contribution in [0.1, 0.15) is 54.6 Å². The number of allylic oxidation sites excluding steroid dienone is 3. The molecule has 0 radical (unpaired) electrons. The molecule has 3 aliphatic rings. The van der Waals surface area contributed by atoms with Crippen LogP contribution in [0.15, 0.2) is 127 Å². The molecule has 0 saturated carbocycles. The zero-order valence-electron chi connectivity index (χ0n) is 40.0. The molecule has 15 heteroatoms. The lowest BCUT2D eigenvalue weighted by Crippen LogP contribution is -2.41. The summed E-state index contributed by atoms with van der Waals surface area (Å²) in [7, 11) is 0. The topological polar surface area (TPSA) is 172 Å². The van der Waals surface area contributed by atoms with Gasteiger partial charge in [0.25, 0.3) is 0 Å². The number of nitrogens with one attached hydrogen (secondary N) is 1. The molecule has 1 aliphatic carbocycles. The molecular formula is C57H53ClN6O8. The van der Waals surface area contributed by atoms with Crippen molar-refractivity contribution in [2.45, 2.75) is 58.8 Å². The zero-order valence-corrected chi connectivity index (χ0v) is 40.8. The average Bonchev–Trinajstić information content (AvgIpc) is 4.02. The lowest BCUT2D eigenvalue weighted by atomic mass is 9.82. The maximum absolute atomic E-state index is 13.3. The summed E-state index contributed by atoms with van der Waals surface area (Å²) in [6, 6.07) is 31.4. The summed E-state index contributed by atoms with van der Waals surface area (Å²) in [6.07, 6.45) is 8.64. The molecule has 2 aliphatic heterocycles. The minimum Gasteiger partial charge on any atom is -0.490 e. The van der Waals surface area contributed by atoms with Gasteiger partial charge in [-0.05, 0) is 126 Å². The van der Waals surface area contributed by atoms with Crippen molar-refractivity contribution in [2.75, 3.05) is 39.6 Å². The third kappa shape index (κ3) is 10.4. The van der Waals surface area contributed by atoms with Crippen LogP contribution in [0, 0.1) is 17.2 Å². The summed E-state index contributed by atoms with van der Waals surface area (Å²) in [5.74, 6) is 2.49. The number of aryl methyl sites for hydroxylation is 1. The van der Waals surface area contributed by atoms with Gasteiger partial charge in [0, 0.05) is 59.8 Å². The number of hydrogen-bond acceptors (Lipinski definition) is 13. The highest BCUT2D eigenvalue weighted by atomic mass is 35.5. The van der Waals surface area contributed by atoms with E-state index in [2.05, 4.69) is 52.0 Å². The Kier molecular flexibility index (Phi) is 14.5. The van der Waals surface area contributed by atoms with Crippen LogP contribution in [0.4, 0.5) is 0 Å². The highest BCUT2D eigenvalue weighted by molar-refractivity contribution is 6.32. The summed E-state index contributed by atoms with van der Waals surface area (Å²) in [4.78, 5) is 22.6. The summed E-state index contributed by atoms with van der Waals surface area (Å²) >= 11 is 6.94. The molecule has 72 heavy (non-hydrogen) atoms. The van der Waals surface area contributed by atoms with E-state index >= 15 is 0 Å². The van der Waals surface area contributed by atoms with Crippen LogP contribution in [0.2, 0.25) is 5.02 Å². The number of pyridine rings is 2. The highest BCUT2D eigenvalue weighted by Gasteiger charge is 2.27. The normalized spacial score (nSPS) is 15.4. The van der Waals surface area contributed by atoms with Crippen molar-refractivity contribution in [3.63, 3.8) is 0 Å². The fourth-order valence-electron chi connectivity index (χ4n) is 9.53. The summed E-state index contributed by atoms with van der Waals surface area (Å²) in [6.45, 7) is 6.22. The first-order chi connectivity index (χ1) is 35.2. The van der Waals surface area contributed by atoms with Gasteiger partial charge in [-0.15, -0.1) is 0 Å². The Morgan fingerprint density at radius 1 is 0.931 bits per heavy atom. The molecule has 14 nitrogen and oxygen atoms in total. The predicted octanol–water partition coefficient (Wildman–Crippen LogP) is 9.87. The van der Waals surface area contributed by atoms with Gasteiger partial charge in [0.1, 0.15) is 68.6 Å². The number of esters is 1. The fourth-order valence-corrected chi connectivity index (χ4v) is 9.77. The quantitative estimate of drug-likeness (QED) is 0.0615. The SMILES string of the molecule is CC1=C(COc2cc(OCc3cccc(C#N)c3)c(CN[C@H](CO)C(=O)OCCOc3ccc4c(-c5c(-c6ccccn6)nn6c5CCC6)ccnc4c3)cc2Cl)C(C)CC=C1c1ccc2c(c1)OCCO2. The minimum atomic E-state index is -1.07. The van der Waals surface area contributed by atoms with Crippen molar-refractivity contribution < 1.29 is 38.3 Å². The number of carbonyl (C=O) groups is 1. The number of aliphatic hydroxyl groups excluding tert-OH is 1. The largest absolute Gasteiger partial charge is 0.490 e. The van der Waals surface area contributed by atoms with Crippen LogP contribution >= 0.6 is 11.6 Å². The molecule has 2 N–H and O–H groups in total. The number of fused-ring (bicyclic) bond motifs is 3. The number of nitriles is 1. The second kappa shape index (κ2) is 21.7. The maximum atomic E-state index is 13.3. The Balaban J connectivity index is 0.792. The fraction of sp³-hybridized carbons (Fsp3) is 0.281. The second-order valence-corrected chi connectivity index (χ2v) is 18.3. The second-order valence-electron chi connectivity index (χ2n) is 17.9. The molecular weight excluding hydrogens is 932 g/mol. The first-order valence-corrected chi connectivity index (χ1v) is 24.5. The summed E-state index contributed by atoms with van der Waals surface area (Å²) < 4.78 is 38.2. The maximum Gasteiger partial charge on any atom is 0.325 e. The Bertz CT molecular complexity index is 3260. The highest BCUT2D eigenvalue weighted by Crippen LogP contribution is 2.42. The standard InChI is InChI=1S/C57H53ClN6O8/c1-35-11-14-42(39-12-16-51-54(27-39)69-23-22-68-51)36(2)45(35)34-72-53-29-52(71-33-38-8-5-7-37(25-38)30-59)40(26-46(53)58)31-62-49(32-65)57(66)70-24-21-67-41-13-15-43-44(17-19-61-48(43)28-41)55-50-10-6-20-64(50)63-56(55)47-9-3-4-18-60-47/h3-5,7-9,12-19,25-29,35,49,62,65H,6,10-11,20-24,31-34H2,1-2H3/t35?,49-/m1/s1. The van der Waals surface area contributed by atoms with Gasteiger partial charge in [0.2, 0.25) is 0 Å². The van der Waals surface area contributed by atoms with E-state index in [0.29, 0.717) is 53.2 Å². The van der Waals surface area contributed by atoms with E-state index in [1.807, 2.05) is 60.7 Å². The van der Waals surface area contributed by atoms with Gasteiger partial charge in [-0.1, -0.05) is 48.9 Å². The molecule has 0 fully saturated rings. The Hall–Kier alpha value is -7.70. The van der Waals surface area contributed by atoms with Gasteiger partial charge in [-0.25, -0.2) is 0 Å². The number of carbonyl (C=O) groups excluding carboxylic acids is 1. The molecule has 1 unspecified atom stereocenters. The number of aliphatic hydroxyl groups is 1. The van der Waals surface area contributed by atoms with Crippen LogP contribution in [0.5, 0.6) is 28.7 Å². The number of nitrogens with zero attached hydrogens (tertiary/aromatic N) is 5. The van der Waals surface area contributed by atoms with Gasteiger partial charge < -0.3 is 33.5 Å². The van der Waals surface area contributed by atoms with Crippen LogP contribution in [0.25, 0.3) is 39.0 Å². The lowest BCUT2D eigenvalue weighted by Gasteiger charge is -2.27. The van der Waals surface area contributed by atoms with Gasteiger partial charge in [0.05, 0.1) is 34.5 Å². The van der Waals surface area contributed by atoms with Gasteiger partial charge >= 0.3 is 5.97 Å². The van der Waals surface area contributed by atoms with Gasteiger partial charge in [0.15, 0.2) is 11.5 Å². The number of halogens is 1. The molecule has 4 aromatic carbocycles. The van der Waals surface area contributed by atoms with Crippen molar-refractivity contribution in [1.82, 2.24) is 25.1 Å². The van der Waals surface area contributed by atoms with E-state index < -0.39 is 18.6 Å². The number of aromatic nitrogens is 4. The van der Waals surface area contributed by atoms with Crippen molar-refractivity contribution >= 4 is 34.0 Å². The van der Waals surface area contributed by atoms with E-state index in [1.165, 1.54) is 5.69 Å². The zero-order chi connectivity index (χ0) is 49.6. The molecule has 366 valence electrons. The third-order valence-corrected chi connectivity index (χ3v) is 13.6. The van der Waals surface area contributed by atoms with Gasteiger partial charge in [-0.2, -0.15) is 10.4 Å². The van der Waals surface area contributed by atoms with Gasteiger partial charge in [-0.3, -0.25) is 24.8 Å². The predicted molar refractivity (Wildman–Crippen MR) is 273 cm³/mol. The summed E-state index contributed by atoms with van der Waals surface area (Å²) in [5.41, 5.74) is 12.1.